The van der Waals surface area contributed by atoms with E-state index >= 15 is 0 Å². The Labute approximate surface area is 144 Å². The molecule has 0 saturated heterocycles. The highest BCUT2D eigenvalue weighted by atomic mass is 16.5. The van der Waals surface area contributed by atoms with Crippen molar-refractivity contribution in [1.29, 1.82) is 0 Å². The van der Waals surface area contributed by atoms with E-state index in [1.54, 1.807) is 7.11 Å². The minimum absolute atomic E-state index is 0.0828. The summed E-state index contributed by atoms with van der Waals surface area (Å²) in [4.78, 5) is 12.4. The third kappa shape index (κ3) is 2.76. The van der Waals surface area contributed by atoms with Crippen LogP contribution in [-0.2, 0) is 4.79 Å². The molecule has 0 radical (unpaired) electrons. The predicted molar refractivity (Wildman–Crippen MR) is 94.3 cm³/mol. The minimum Gasteiger partial charge on any atom is -0.493 e. The van der Waals surface area contributed by atoms with Crippen molar-refractivity contribution in [2.45, 2.75) is 52.5 Å². The quantitative estimate of drug-likeness (QED) is 0.862. The number of amides is 1. The number of hydrogen-bond acceptors (Lipinski definition) is 3. The van der Waals surface area contributed by atoms with Crippen LogP contribution in [0.25, 0.3) is 0 Å². The van der Waals surface area contributed by atoms with Crippen LogP contribution in [0.15, 0.2) is 24.3 Å². The Hall–Kier alpha value is -1.71. The molecule has 4 nitrogen and oxygen atoms in total. The number of fused-ring (bicyclic) bond motifs is 2. The highest BCUT2D eigenvalue weighted by molar-refractivity contribution is 5.76. The van der Waals surface area contributed by atoms with Gasteiger partial charge in [-0.25, -0.2) is 0 Å². The van der Waals surface area contributed by atoms with Gasteiger partial charge in [0.15, 0.2) is 11.5 Å². The summed E-state index contributed by atoms with van der Waals surface area (Å²) in [5.41, 5.74) is 0.537. The molecule has 1 aromatic carbocycles. The van der Waals surface area contributed by atoms with Crippen molar-refractivity contribution in [3.63, 3.8) is 0 Å². The molecule has 0 aliphatic heterocycles. The number of ether oxygens (including phenoxy) is 2. The second kappa shape index (κ2) is 6.30. The molecule has 1 aromatic rings. The summed E-state index contributed by atoms with van der Waals surface area (Å²) in [7, 11) is 1.62. The fourth-order valence-electron chi connectivity index (χ4n) is 4.68. The maximum Gasteiger partial charge on any atom is 0.223 e. The molecule has 3 unspecified atom stereocenters. The van der Waals surface area contributed by atoms with Crippen LogP contribution in [0.2, 0.25) is 0 Å². The van der Waals surface area contributed by atoms with Crippen LogP contribution in [0.5, 0.6) is 11.5 Å². The zero-order valence-corrected chi connectivity index (χ0v) is 15.2. The van der Waals surface area contributed by atoms with Crippen LogP contribution in [0.4, 0.5) is 0 Å². The zero-order chi connectivity index (χ0) is 17.4. The van der Waals surface area contributed by atoms with Gasteiger partial charge in [0.05, 0.1) is 20.1 Å². The highest BCUT2D eigenvalue weighted by Gasteiger charge is 2.61. The summed E-state index contributed by atoms with van der Waals surface area (Å²) in [6.07, 6.45) is 4.00. The fraction of sp³-hybridized carbons (Fsp3) is 0.650. The van der Waals surface area contributed by atoms with Crippen LogP contribution in [-0.4, -0.2) is 25.7 Å². The molecule has 0 spiro atoms. The van der Waals surface area contributed by atoms with Crippen molar-refractivity contribution < 1.29 is 14.3 Å². The summed E-state index contributed by atoms with van der Waals surface area (Å²) in [5.74, 6) is 2.19. The molecule has 2 aliphatic rings. The number of hydrogen-bond donors (Lipinski definition) is 1. The molecular formula is C20H29NO3. The summed E-state index contributed by atoms with van der Waals surface area (Å²) in [5, 5.41) is 3.27. The van der Waals surface area contributed by atoms with E-state index < -0.39 is 0 Å². The maximum atomic E-state index is 12.4. The number of methoxy groups -OCH3 is 1. The molecule has 4 heteroatoms. The second-order valence-corrected chi connectivity index (χ2v) is 7.98. The van der Waals surface area contributed by atoms with Crippen LogP contribution in [0, 0.1) is 16.7 Å². The van der Waals surface area contributed by atoms with E-state index in [4.69, 9.17) is 9.47 Å². The lowest BCUT2D eigenvalue weighted by Crippen LogP contribution is -2.47. The Kier molecular flexibility index (Phi) is 4.50. The Morgan fingerprint density at radius 1 is 1.25 bits per heavy atom. The van der Waals surface area contributed by atoms with E-state index in [9.17, 15) is 4.79 Å². The first-order valence-electron chi connectivity index (χ1n) is 8.93. The Balaban J connectivity index is 1.51. The van der Waals surface area contributed by atoms with Gasteiger partial charge in [-0.1, -0.05) is 32.9 Å². The second-order valence-electron chi connectivity index (χ2n) is 7.98. The average Bonchev–Trinajstić information content (AvgIpc) is 2.88. The van der Waals surface area contributed by atoms with Crippen molar-refractivity contribution in [1.82, 2.24) is 5.32 Å². The number of carbonyl (C=O) groups excluding carboxylic acids is 1. The van der Waals surface area contributed by atoms with Gasteiger partial charge < -0.3 is 14.8 Å². The van der Waals surface area contributed by atoms with E-state index in [0.717, 1.165) is 12.3 Å². The third-order valence-corrected chi connectivity index (χ3v) is 6.79. The van der Waals surface area contributed by atoms with Crippen LogP contribution in [0.3, 0.4) is 0 Å². The van der Waals surface area contributed by atoms with Gasteiger partial charge in [0.25, 0.3) is 0 Å². The molecule has 3 rings (SSSR count). The number of nitrogens with one attached hydrogen (secondary N) is 1. The third-order valence-electron chi connectivity index (χ3n) is 6.79. The molecule has 0 aromatic heterocycles. The fourth-order valence-corrected chi connectivity index (χ4v) is 4.68. The predicted octanol–water partition coefficient (Wildman–Crippen LogP) is 3.80. The lowest BCUT2D eigenvalue weighted by molar-refractivity contribution is -0.123. The van der Waals surface area contributed by atoms with Crippen molar-refractivity contribution >= 4 is 5.91 Å². The molecule has 3 atom stereocenters. The lowest BCUT2D eigenvalue weighted by Gasteiger charge is -2.39. The molecule has 2 fully saturated rings. The summed E-state index contributed by atoms with van der Waals surface area (Å²) < 4.78 is 11.0. The van der Waals surface area contributed by atoms with Gasteiger partial charge in [-0.15, -0.1) is 0 Å². The van der Waals surface area contributed by atoms with Gasteiger partial charge in [0.2, 0.25) is 5.91 Å². The van der Waals surface area contributed by atoms with Gasteiger partial charge in [-0.05, 0) is 48.1 Å². The number of para-hydroxylation sites is 2. The Morgan fingerprint density at radius 2 is 1.96 bits per heavy atom. The molecule has 2 bridgehead atoms. The molecule has 24 heavy (non-hydrogen) atoms. The minimum atomic E-state index is 0.0828. The van der Waals surface area contributed by atoms with Crippen LogP contribution >= 0.6 is 0 Å². The van der Waals surface area contributed by atoms with Crippen LogP contribution < -0.4 is 14.8 Å². The monoisotopic (exact) mass is 331 g/mol. The van der Waals surface area contributed by atoms with Crippen molar-refractivity contribution in [2.75, 3.05) is 13.7 Å². The SMILES string of the molecule is COc1ccccc1OCCC(=O)NC1CC2CCC1(C)C2(C)C. The smallest absolute Gasteiger partial charge is 0.223 e. The molecule has 132 valence electrons. The Morgan fingerprint density at radius 3 is 2.54 bits per heavy atom. The molecule has 1 amide bonds. The largest absolute Gasteiger partial charge is 0.493 e. The number of carbonyl (C=O) groups is 1. The van der Waals surface area contributed by atoms with Gasteiger partial charge >= 0.3 is 0 Å². The first-order chi connectivity index (χ1) is 11.4. The maximum absolute atomic E-state index is 12.4. The van der Waals surface area contributed by atoms with Gasteiger partial charge in [0, 0.05) is 6.04 Å². The van der Waals surface area contributed by atoms with Gasteiger partial charge in [0.1, 0.15) is 0 Å². The van der Waals surface area contributed by atoms with E-state index in [1.807, 2.05) is 24.3 Å². The number of rotatable bonds is 6. The Bertz CT molecular complexity index is 613. The molecule has 2 aliphatic carbocycles. The lowest BCUT2D eigenvalue weighted by atomic mass is 9.69. The van der Waals surface area contributed by atoms with E-state index in [-0.39, 0.29) is 11.3 Å². The highest BCUT2D eigenvalue weighted by Crippen LogP contribution is 2.65. The summed E-state index contributed by atoms with van der Waals surface area (Å²) in [6.45, 7) is 7.43. The molecule has 1 N–H and O–H groups in total. The summed E-state index contributed by atoms with van der Waals surface area (Å²) in [6, 6.07) is 7.81. The van der Waals surface area contributed by atoms with Gasteiger partial charge in [-0.2, -0.15) is 0 Å². The first kappa shape index (κ1) is 17.1. The van der Waals surface area contributed by atoms with E-state index in [1.165, 1.54) is 12.8 Å². The van der Waals surface area contributed by atoms with Crippen molar-refractivity contribution in [3.05, 3.63) is 24.3 Å². The molecule has 2 saturated carbocycles. The normalized spacial score (nSPS) is 30.2. The summed E-state index contributed by atoms with van der Waals surface area (Å²) >= 11 is 0. The van der Waals surface area contributed by atoms with Crippen molar-refractivity contribution in [3.8, 4) is 11.5 Å². The van der Waals surface area contributed by atoms with E-state index in [2.05, 4.69) is 26.1 Å². The molecule has 0 heterocycles. The van der Waals surface area contributed by atoms with E-state index in [0.29, 0.717) is 36.0 Å². The first-order valence-corrected chi connectivity index (χ1v) is 8.93. The van der Waals surface area contributed by atoms with Crippen molar-refractivity contribution in [2.24, 2.45) is 16.7 Å². The van der Waals surface area contributed by atoms with Gasteiger partial charge in [-0.3, -0.25) is 4.79 Å². The standard InChI is InChI=1S/C20H29NO3/c1-19(2)14-9-11-20(19,3)17(13-14)21-18(22)10-12-24-16-8-6-5-7-15(16)23-4/h5-8,14,17H,9-13H2,1-4H3,(H,21,22). The average molecular weight is 331 g/mol. The molecular weight excluding hydrogens is 302 g/mol. The number of benzene rings is 1. The van der Waals surface area contributed by atoms with Crippen LogP contribution in [0.1, 0.15) is 46.5 Å². The zero-order valence-electron chi connectivity index (χ0n) is 15.2. The topological polar surface area (TPSA) is 47.6 Å².